The van der Waals surface area contributed by atoms with Crippen LogP contribution in [0.2, 0.25) is 0 Å². The number of sulfonamides is 1. The third kappa shape index (κ3) is 6.86. The lowest BCUT2D eigenvalue weighted by molar-refractivity contribution is -0.124. The van der Waals surface area contributed by atoms with Crippen LogP contribution in [0.15, 0.2) is 65.7 Å². The van der Waals surface area contributed by atoms with Crippen molar-refractivity contribution in [1.29, 1.82) is 0 Å². The highest BCUT2D eigenvalue weighted by Crippen LogP contribution is 2.23. The zero-order chi connectivity index (χ0) is 25.4. The Morgan fingerprint density at radius 2 is 1.77 bits per heavy atom. The number of anilines is 1. The Labute approximate surface area is 204 Å². The number of para-hydroxylation sites is 1. The molecule has 0 bridgehead atoms. The van der Waals surface area contributed by atoms with Gasteiger partial charge in [-0.3, -0.25) is 24.1 Å². The summed E-state index contributed by atoms with van der Waals surface area (Å²) < 4.78 is 28.7. The average molecular weight is 497 g/mol. The molecule has 0 aliphatic carbocycles. The quantitative estimate of drug-likeness (QED) is 0.374. The first-order valence-electron chi connectivity index (χ1n) is 11.3. The number of ketones is 1. The van der Waals surface area contributed by atoms with E-state index in [1.54, 1.807) is 30.3 Å². The Morgan fingerprint density at radius 3 is 2.51 bits per heavy atom. The van der Waals surface area contributed by atoms with Crippen molar-refractivity contribution in [3.05, 3.63) is 66.4 Å². The van der Waals surface area contributed by atoms with Crippen LogP contribution >= 0.6 is 0 Å². The molecule has 0 fully saturated rings. The molecule has 184 valence electrons. The number of rotatable bonds is 11. The second-order valence-corrected chi connectivity index (χ2v) is 9.71. The van der Waals surface area contributed by atoms with Crippen LogP contribution in [0, 0.1) is 0 Å². The number of carbonyl (C=O) groups excluding carboxylic acids is 3. The minimum absolute atomic E-state index is 0.0219. The fraction of sp³-hybridized carbons (Fsp3) is 0.280. The number of nitrogens with zero attached hydrogens (tertiary/aromatic N) is 1. The molecule has 0 radical (unpaired) electrons. The Morgan fingerprint density at radius 1 is 1.03 bits per heavy atom. The molecule has 1 unspecified atom stereocenters. The molecule has 35 heavy (non-hydrogen) atoms. The maximum Gasteiger partial charge on any atom is 0.264 e. The maximum absolute atomic E-state index is 13.1. The minimum atomic E-state index is -3.98. The number of unbranched alkanes of at least 4 members (excludes halogenated alkanes) is 1. The van der Waals surface area contributed by atoms with Gasteiger partial charge in [-0.25, -0.2) is 8.42 Å². The molecule has 0 saturated heterocycles. The molecule has 3 aromatic rings. The van der Waals surface area contributed by atoms with Gasteiger partial charge in [0.05, 0.1) is 18.1 Å². The van der Waals surface area contributed by atoms with Crippen LogP contribution in [0.5, 0.6) is 0 Å². The number of nitrogens with one attached hydrogen (secondary N) is 3. The first-order chi connectivity index (χ1) is 16.7. The molecule has 2 amide bonds. The molecule has 10 heteroatoms. The Bertz CT molecular complexity index is 1340. The summed E-state index contributed by atoms with van der Waals surface area (Å²) in [5, 5.41) is 5.85. The van der Waals surface area contributed by atoms with Gasteiger partial charge in [-0.1, -0.05) is 44.0 Å². The molecule has 9 nitrogen and oxygen atoms in total. The summed E-state index contributed by atoms with van der Waals surface area (Å²) in [5.41, 5.74) is 0.725. The predicted octanol–water partition coefficient (Wildman–Crippen LogP) is 3.03. The summed E-state index contributed by atoms with van der Waals surface area (Å²) in [6, 6.07) is 13.6. The molecular weight excluding hydrogens is 468 g/mol. The van der Waals surface area contributed by atoms with Crippen LogP contribution in [0.4, 0.5) is 5.69 Å². The number of pyridine rings is 1. The van der Waals surface area contributed by atoms with Crippen molar-refractivity contribution >= 4 is 44.2 Å². The van der Waals surface area contributed by atoms with Crippen molar-refractivity contribution in [2.24, 2.45) is 0 Å². The fourth-order valence-corrected chi connectivity index (χ4v) is 4.76. The number of fused-ring (bicyclic) bond motifs is 1. The Kier molecular flexibility index (Phi) is 8.53. The summed E-state index contributed by atoms with van der Waals surface area (Å²) in [7, 11) is -3.98. The van der Waals surface area contributed by atoms with E-state index in [-0.39, 0.29) is 34.4 Å². The Hall–Kier alpha value is -3.79. The van der Waals surface area contributed by atoms with Gasteiger partial charge in [-0.05, 0) is 36.8 Å². The largest absolute Gasteiger partial charge is 0.349 e. The normalized spacial score (nSPS) is 12.1. The van der Waals surface area contributed by atoms with Crippen LogP contribution in [0.1, 0.15) is 43.5 Å². The van der Waals surface area contributed by atoms with Gasteiger partial charge in [0.25, 0.3) is 15.9 Å². The van der Waals surface area contributed by atoms with Crippen LogP contribution in [-0.4, -0.2) is 43.6 Å². The highest BCUT2D eigenvalue weighted by Gasteiger charge is 2.22. The molecule has 0 aliphatic heterocycles. The fourth-order valence-electron chi connectivity index (χ4n) is 3.53. The lowest BCUT2D eigenvalue weighted by Gasteiger charge is -2.18. The third-order valence-corrected chi connectivity index (χ3v) is 6.73. The minimum Gasteiger partial charge on any atom is -0.349 e. The molecule has 0 saturated carbocycles. The highest BCUT2D eigenvalue weighted by molar-refractivity contribution is 7.93. The molecule has 3 N–H and O–H groups in total. The van der Waals surface area contributed by atoms with Crippen molar-refractivity contribution in [2.45, 2.75) is 44.0 Å². The van der Waals surface area contributed by atoms with Crippen molar-refractivity contribution < 1.29 is 22.8 Å². The highest BCUT2D eigenvalue weighted by atomic mass is 32.2. The number of amides is 2. The second kappa shape index (κ2) is 11.6. The van der Waals surface area contributed by atoms with E-state index in [0.29, 0.717) is 17.3 Å². The lowest BCUT2D eigenvalue weighted by Crippen LogP contribution is -2.45. The first kappa shape index (κ1) is 25.8. The number of carbonyl (C=O) groups is 3. The third-order valence-electron chi connectivity index (χ3n) is 5.31. The monoisotopic (exact) mass is 496 g/mol. The van der Waals surface area contributed by atoms with Crippen LogP contribution in [-0.2, 0) is 19.6 Å². The van der Waals surface area contributed by atoms with Gasteiger partial charge >= 0.3 is 0 Å². The van der Waals surface area contributed by atoms with Crippen molar-refractivity contribution in [2.75, 3.05) is 11.3 Å². The average Bonchev–Trinajstić information content (AvgIpc) is 2.84. The molecule has 0 aliphatic rings. The zero-order valence-corrected chi connectivity index (χ0v) is 20.4. The SMILES string of the molecule is CCCCC(NC(=O)c1cccc(NS(=O)(=O)c2cccc3cccnc23)c1)C(=O)CNC(C)=O. The lowest BCUT2D eigenvalue weighted by atomic mass is 10.0. The smallest absolute Gasteiger partial charge is 0.264 e. The summed E-state index contributed by atoms with van der Waals surface area (Å²) in [6.45, 7) is 3.11. The van der Waals surface area contributed by atoms with Crippen molar-refractivity contribution in [1.82, 2.24) is 15.6 Å². The van der Waals surface area contributed by atoms with E-state index in [4.69, 9.17) is 0 Å². The first-order valence-corrected chi connectivity index (χ1v) is 12.7. The summed E-state index contributed by atoms with van der Waals surface area (Å²) in [4.78, 5) is 40.8. The van der Waals surface area contributed by atoms with Crippen LogP contribution in [0.3, 0.4) is 0 Å². The molecule has 1 atom stereocenters. The summed E-state index contributed by atoms with van der Waals surface area (Å²) in [6.07, 6.45) is 3.51. The van der Waals surface area contributed by atoms with E-state index >= 15 is 0 Å². The van der Waals surface area contributed by atoms with Gasteiger partial charge in [0, 0.05) is 29.8 Å². The van der Waals surface area contributed by atoms with E-state index in [9.17, 15) is 22.8 Å². The number of aromatic nitrogens is 1. The molecule has 1 heterocycles. The van der Waals surface area contributed by atoms with E-state index in [0.717, 1.165) is 12.8 Å². The van der Waals surface area contributed by atoms with Gasteiger partial charge in [0.2, 0.25) is 5.91 Å². The van der Waals surface area contributed by atoms with Crippen LogP contribution in [0.25, 0.3) is 10.9 Å². The van der Waals surface area contributed by atoms with E-state index in [1.165, 1.54) is 37.4 Å². The van der Waals surface area contributed by atoms with Gasteiger partial charge in [-0.15, -0.1) is 0 Å². The molecule has 1 aromatic heterocycles. The molecular formula is C25H28N4O5S. The zero-order valence-electron chi connectivity index (χ0n) is 19.6. The number of Topliss-reactive ketones (excluding diaryl/α,β-unsaturated/α-hetero) is 1. The Balaban J connectivity index is 1.78. The summed E-state index contributed by atoms with van der Waals surface area (Å²) >= 11 is 0. The standard InChI is InChI=1S/C25H28N4O5S/c1-3-4-12-21(22(31)16-27-17(2)30)28-25(32)19-9-5-11-20(15-19)29-35(33,34)23-13-6-8-18-10-7-14-26-24(18)23/h5-11,13-15,21,29H,3-4,12,16H2,1-2H3,(H,27,30)(H,28,32). The van der Waals surface area contributed by atoms with Crippen molar-refractivity contribution in [3.63, 3.8) is 0 Å². The number of hydrogen-bond donors (Lipinski definition) is 3. The number of hydrogen-bond acceptors (Lipinski definition) is 6. The topological polar surface area (TPSA) is 134 Å². The van der Waals surface area contributed by atoms with Crippen LogP contribution < -0.4 is 15.4 Å². The van der Waals surface area contributed by atoms with E-state index < -0.39 is 22.0 Å². The van der Waals surface area contributed by atoms with E-state index in [1.807, 2.05) is 6.92 Å². The maximum atomic E-state index is 13.1. The molecule has 2 aromatic carbocycles. The number of benzene rings is 2. The predicted molar refractivity (Wildman–Crippen MR) is 133 cm³/mol. The van der Waals surface area contributed by atoms with Gasteiger partial charge in [-0.2, -0.15) is 0 Å². The molecule has 3 rings (SSSR count). The van der Waals surface area contributed by atoms with Gasteiger partial charge in [0.15, 0.2) is 5.78 Å². The summed E-state index contributed by atoms with van der Waals surface area (Å²) in [5.74, 6) is -1.15. The van der Waals surface area contributed by atoms with Crippen molar-refractivity contribution in [3.8, 4) is 0 Å². The van der Waals surface area contributed by atoms with E-state index in [2.05, 4.69) is 20.3 Å². The molecule has 0 spiro atoms. The second-order valence-electron chi connectivity index (χ2n) is 8.06. The van der Waals surface area contributed by atoms with Gasteiger partial charge < -0.3 is 10.6 Å². The van der Waals surface area contributed by atoms with Gasteiger partial charge in [0.1, 0.15) is 4.90 Å².